The van der Waals surface area contributed by atoms with Crippen LogP contribution in [0.1, 0.15) is 63.5 Å². The van der Waals surface area contributed by atoms with Gasteiger partial charge in [0.2, 0.25) is 5.91 Å². The minimum atomic E-state index is -3.73. The molecular formula is C26H38N4O3S. The number of nitrogens with zero attached hydrogens (tertiary/aromatic N) is 3. The molecule has 0 unspecified atom stereocenters. The summed E-state index contributed by atoms with van der Waals surface area (Å²) in [7, 11) is -3.73. The number of aryl methyl sites for hydroxylation is 1. The number of benzene rings is 1. The number of hydrogen-bond acceptors (Lipinski definition) is 5. The molecule has 1 aromatic carbocycles. The summed E-state index contributed by atoms with van der Waals surface area (Å²) in [5.74, 6) is 0.659. The fraction of sp³-hybridized carbons (Fsp3) is 0.615. The molecule has 4 rings (SSSR count). The number of sulfonamides is 1. The lowest BCUT2D eigenvalue weighted by Crippen LogP contribution is -2.46. The maximum Gasteiger partial charge on any atom is 0.285 e. The Hall–Kier alpha value is -2.19. The van der Waals surface area contributed by atoms with E-state index in [0.29, 0.717) is 61.2 Å². The second-order valence-corrected chi connectivity index (χ2v) is 11.4. The van der Waals surface area contributed by atoms with Gasteiger partial charge in [0.1, 0.15) is 10.7 Å². The van der Waals surface area contributed by atoms with E-state index in [-0.39, 0.29) is 11.8 Å². The third-order valence-electron chi connectivity index (χ3n) is 7.48. The molecule has 3 heterocycles. The molecule has 3 aliphatic rings. The van der Waals surface area contributed by atoms with E-state index in [9.17, 15) is 13.2 Å². The van der Waals surface area contributed by atoms with Crippen LogP contribution in [0.2, 0.25) is 0 Å². The van der Waals surface area contributed by atoms with Gasteiger partial charge in [0.05, 0.1) is 0 Å². The average molecular weight is 487 g/mol. The number of nitrogens with one attached hydrogen (secondary N) is 1. The Morgan fingerprint density at radius 3 is 2.44 bits per heavy atom. The van der Waals surface area contributed by atoms with Crippen molar-refractivity contribution in [1.29, 1.82) is 0 Å². The Balaban J connectivity index is 1.36. The Kier molecular flexibility index (Phi) is 7.77. The molecule has 1 atom stereocenters. The lowest BCUT2D eigenvalue weighted by atomic mass is 9.94. The van der Waals surface area contributed by atoms with E-state index in [0.717, 1.165) is 24.2 Å². The van der Waals surface area contributed by atoms with Gasteiger partial charge in [-0.2, -0.15) is 8.42 Å². The highest BCUT2D eigenvalue weighted by molar-refractivity contribution is 8.00. The highest BCUT2D eigenvalue weighted by Gasteiger charge is 2.36. The summed E-state index contributed by atoms with van der Waals surface area (Å²) in [5, 5.41) is 3.14. The number of carbonyl (C=O) groups is 1. The molecule has 0 aromatic heterocycles. The molecule has 186 valence electrons. The van der Waals surface area contributed by atoms with Gasteiger partial charge in [0.25, 0.3) is 10.0 Å². The highest BCUT2D eigenvalue weighted by Crippen LogP contribution is 2.36. The van der Waals surface area contributed by atoms with Crippen LogP contribution in [0.5, 0.6) is 0 Å². The fourth-order valence-electron chi connectivity index (χ4n) is 5.38. The standard InChI is InChI=1S/C26H38N4O3S/c1-4-23-24(21-10-8-19(2)9-11-21)34(32,33)28-25(23)30-16-12-22(13-17-30)26(31)27-14-18-29-15-6-5-7-20(29)3/h8-11,20,22H,4-7,12-18H2,1-3H3,(H,27,31)/t20-/m0/s1. The van der Waals surface area contributed by atoms with Gasteiger partial charge in [-0.3, -0.25) is 9.69 Å². The maximum absolute atomic E-state index is 13.0. The average Bonchev–Trinajstić information content (AvgIpc) is 3.11. The number of carbonyl (C=O) groups excluding carboxylic acids is 1. The molecule has 2 saturated heterocycles. The predicted octanol–water partition coefficient (Wildman–Crippen LogP) is 3.56. The summed E-state index contributed by atoms with van der Waals surface area (Å²) in [6, 6.07) is 8.18. The molecule has 0 spiro atoms. The summed E-state index contributed by atoms with van der Waals surface area (Å²) in [6.45, 7) is 10.2. The third-order valence-corrected chi connectivity index (χ3v) is 8.89. The Morgan fingerprint density at radius 2 is 1.79 bits per heavy atom. The van der Waals surface area contributed by atoms with Crippen LogP contribution in [0.15, 0.2) is 34.2 Å². The second kappa shape index (κ2) is 10.6. The molecule has 1 amide bonds. The van der Waals surface area contributed by atoms with Gasteiger partial charge < -0.3 is 10.2 Å². The molecule has 2 fully saturated rings. The van der Waals surface area contributed by atoms with Gasteiger partial charge in [-0.05, 0) is 58.1 Å². The summed E-state index contributed by atoms with van der Waals surface area (Å²) in [4.78, 5) is 17.6. The van der Waals surface area contributed by atoms with Crippen molar-refractivity contribution in [1.82, 2.24) is 15.1 Å². The first-order valence-corrected chi connectivity index (χ1v) is 14.2. The predicted molar refractivity (Wildman–Crippen MR) is 137 cm³/mol. The molecule has 0 aliphatic carbocycles. The SMILES string of the molecule is CCC1=C(c2ccc(C)cc2)S(=O)(=O)N=C1N1CCC(C(=O)NCCN2CCCC[C@@H]2C)CC1. The lowest BCUT2D eigenvalue weighted by molar-refractivity contribution is -0.126. The minimum absolute atomic E-state index is 0.0285. The van der Waals surface area contributed by atoms with Gasteiger partial charge in [-0.25, -0.2) is 0 Å². The molecule has 1 N–H and O–H groups in total. The number of rotatable bonds is 6. The molecule has 0 bridgehead atoms. The van der Waals surface area contributed by atoms with Crippen molar-refractivity contribution in [2.75, 3.05) is 32.7 Å². The van der Waals surface area contributed by atoms with Gasteiger partial charge in [-0.15, -0.1) is 4.40 Å². The Labute approximate surface area is 204 Å². The second-order valence-electron chi connectivity index (χ2n) is 9.85. The molecule has 34 heavy (non-hydrogen) atoms. The smallest absolute Gasteiger partial charge is 0.285 e. The summed E-state index contributed by atoms with van der Waals surface area (Å²) in [5.41, 5.74) is 2.56. The number of hydrogen-bond donors (Lipinski definition) is 1. The van der Waals surface area contributed by atoms with Crippen molar-refractivity contribution < 1.29 is 13.2 Å². The zero-order chi connectivity index (χ0) is 24.3. The topological polar surface area (TPSA) is 82.1 Å². The van der Waals surface area contributed by atoms with Crippen LogP contribution in [0, 0.1) is 12.8 Å². The van der Waals surface area contributed by atoms with Gasteiger partial charge in [0, 0.05) is 43.7 Å². The first-order valence-electron chi connectivity index (χ1n) is 12.7. The van der Waals surface area contributed by atoms with Crippen LogP contribution in [0.3, 0.4) is 0 Å². The zero-order valence-electron chi connectivity index (χ0n) is 20.7. The van der Waals surface area contributed by atoms with Crippen molar-refractivity contribution in [3.05, 3.63) is 41.0 Å². The normalized spacial score (nSPS) is 23.8. The zero-order valence-corrected chi connectivity index (χ0v) is 21.5. The molecule has 0 saturated carbocycles. The van der Waals surface area contributed by atoms with Crippen molar-refractivity contribution in [2.24, 2.45) is 10.3 Å². The monoisotopic (exact) mass is 486 g/mol. The highest BCUT2D eigenvalue weighted by atomic mass is 32.2. The van der Waals surface area contributed by atoms with Crippen LogP contribution < -0.4 is 5.32 Å². The number of amides is 1. The Bertz CT molecular complexity index is 1050. The van der Waals surface area contributed by atoms with Crippen molar-refractivity contribution in [2.45, 2.75) is 65.3 Å². The van der Waals surface area contributed by atoms with Crippen LogP contribution in [0.4, 0.5) is 0 Å². The summed E-state index contributed by atoms with van der Waals surface area (Å²) < 4.78 is 30.1. The first kappa shape index (κ1) is 24.9. The van der Waals surface area contributed by atoms with E-state index in [4.69, 9.17) is 0 Å². The van der Waals surface area contributed by atoms with E-state index in [1.807, 2.05) is 38.1 Å². The third kappa shape index (κ3) is 5.38. The van der Waals surface area contributed by atoms with E-state index in [2.05, 4.69) is 26.4 Å². The van der Waals surface area contributed by atoms with Crippen LogP contribution in [-0.4, -0.2) is 68.7 Å². The minimum Gasteiger partial charge on any atom is -0.356 e. The van der Waals surface area contributed by atoms with Crippen LogP contribution in [0.25, 0.3) is 4.91 Å². The fourth-order valence-corrected chi connectivity index (χ4v) is 6.90. The summed E-state index contributed by atoms with van der Waals surface area (Å²) in [6.07, 6.45) is 5.80. The molecule has 1 aromatic rings. The maximum atomic E-state index is 13.0. The van der Waals surface area contributed by atoms with Crippen LogP contribution in [-0.2, 0) is 14.8 Å². The van der Waals surface area contributed by atoms with E-state index < -0.39 is 10.0 Å². The van der Waals surface area contributed by atoms with Crippen molar-refractivity contribution in [3.8, 4) is 0 Å². The largest absolute Gasteiger partial charge is 0.356 e. The molecule has 3 aliphatic heterocycles. The Morgan fingerprint density at radius 1 is 1.09 bits per heavy atom. The van der Waals surface area contributed by atoms with Gasteiger partial charge >= 0.3 is 0 Å². The number of likely N-dealkylation sites (tertiary alicyclic amines) is 2. The van der Waals surface area contributed by atoms with E-state index in [1.165, 1.54) is 19.3 Å². The first-order chi connectivity index (χ1) is 16.3. The molecule has 7 nitrogen and oxygen atoms in total. The van der Waals surface area contributed by atoms with Crippen molar-refractivity contribution in [3.63, 3.8) is 0 Å². The van der Waals surface area contributed by atoms with Crippen molar-refractivity contribution >= 4 is 26.7 Å². The van der Waals surface area contributed by atoms with Crippen LogP contribution >= 0.6 is 0 Å². The number of amidine groups is 1. The summed E-state index contributed by atoms with van der Waals surface area (Å²) >= 11 is 0. The lowest BCUT2D eigenvalue weighted by Gasteiger charge is -2.34. The van der Waals surface area contributed by atoms with Gasteiger partial charge in [-0.1, -0.05) is 43.2 Å². The van der Waals surface area contributed by atoms with E-state index in [1.54, 1.807) is 0 Å². The molecular weight excluding hydrogens is 448 g/mol. The number of piperidine rings is 2. The quantitative estimate of drug-likeness (QED) is 0.665. The van der Waals surface area contributed by atoms with E-state index >= 15 is 0 Å². The van der Waals surface area contributed by atoms with Gasteiger partial charge in [0.15, 0.2) is 0 Å². The molecule has 0 radical (unpaired) electrons. The molecule has 8 heteroatoms.